The first-order valence-corrected chi connectivity index (χ1v) is 5.65. The van der Waals surface area contributed by atoms with Crippen LogP contribution in [-0.2, 0) is 4.79 Å². The summed E-state index contributed by atoms with van der Waals surface area (Å²) < 4.78 is 0. The molecule has 1 unspecified atom stereocenters. The molecule has 1 aromatic rings. The van der Waals surface area contributed by atoms with Crippen molar-refractivity contribution in [3.05, 3.63) is 24.5 Å². The number of anilines is 1. The Hall–Kier alpha value is -1.42. The second-order valence-electron chi connectivity index (χ2n) is 4.33. The van der Waals surface area contributed by atoms with E-state index in [1.54, 1.807) is 12.4 Å². The van der Waals surface area contributed by atoms with Crippen LogP contribution in [0.3, 0.4) is 0 Å². The zero-order valence-corrected chi connectivity index (χ0v) is 9.52. The minimum absolute atomic E-state index is 0.110. The molecule has 1 fully saturated rings. The predicted molar refractivity (Wildman–Crippen MR) is 63.1 cm³/mol. The van der Waals surface area contributed by atoms with Crippen molar-refractivity contribution in [1.29, 1.82) is 0 Å². The second kappa shape index (κ2) is 5.07. The van der Waals surface area contributed by atoms with Gasteiger partial charge in [0.1, 0.15) is 0 Å². The number of nitrogens with zero attached hydrogens (tertiary/aromatic N) is 2. The van der Waals surface area contributed by atoms with Crippen LogP contribution >= 0.6 is 0 Å². The van der Waals surface area contributed by atoms with E-state index >= 15 is 0 Å². The first-order chi connectivity index (χ1) is 7.75. The van der Waals surface area contributed by atoms with Crippen LogP contribution in [0, 0.1) is 5.92 Å². The van der Waals surface area contributed by atoms with Gasteiger partial charge < -0.3 is 10.2 Å². The summed E-state index contributed by atoms with van der Waals surface area (Å²) in [6.07, 6.45) is 5.45. The number of piperidine rings is 1. The van der Waals surface area contributed by atoms with Gasteiger partial charge in [-0.15, -0.1) is 0 Å². The molecule has 1 aliphatic heterocycles. The van der Waals surface area contributed by atoms with Crippen molar-refractivity contribution in [2.75, 3.05) is 25.5 Å². The molecule has 1 saturated heterocycles. The topological polar surface area (TPSA) is 45.2 Å². The highest BCUT2D eigenvalue weighted by molar-refractivity contribution is 5.92. The SMILES string of the molecule is CN1CCCC(C(=O)Nc2cccnc2)C1. The van der Waals surface area contributed by atoms with Crippen LogP contribution in [0.4, 0.5) is 5.69 Å². The monoisotopic (exact) mass is 219 g/mol. The summed E-state index contributed by atoms with van der Waals surface area (Å²) in [4.78, 5) is 18.1. The number of hydrogen-bond donors (Lipinski definition) is 1. The molecule has 1 aromatic heterocycles. The lowest BCUT2D eigenvalue weighted by molar-refractivity contribution is -0.121. The van der Waals surface area contributed by atoms with E-state index in [4.69, 9.17) is 0 Å². The van der Waals surface area contributed by atoms with E-state index in [9.17, 15) is 4.79 Å². The summed E-state index contributed by atoms with van der Waals surface area (Å²) in [7, 11) is 2.06. The molecule has 0 bridgehead atoms. The molecular weight excluding hydrogens is 202 g/mol. The number of nitrogens with one attached hydrogen (secondary N) is 1. The van der Waals surface area contributed by atoms with Gasteiger partial charge in [0.25, 0.3) is 0 Å². The summed E-state index contributed by atoms with van der Waals surface area (Å²) in [6.45, 7) is 1.95. The summed E-state index contributed by atoms with van der Waals surface area (Å²) >= 11 is 0. The Bertz CT molecular complexity index is 353. The highest BCUT2D eigenvalue weighted by Crippen LogP contribution is 2.17. The number of hydrogen-bond acceptors (Lipinski definition) is 3. The minimum Gasteiger partial charge on any atom is -0.324 e. The molecule has 4 nitrogen and oxygen atoms in total. The standard InChI is InChI=1S/C12H17N3O/c1-15-7-3-4-10(9-15)12(16)14-11-5-2-6-13-8-11/h2,5-6,8,10H,3-4,7,9H2,1H3,(H,14,16). The average Bonchev–Trinajstić information content (AvgIpc) is 2.30. The van der Waals surface area contributed by atoms with Crippen LogP contribution in [-0.4, -0.2) is 35.9 Å². The van der Waals surface area contributed by atoms with Crippen LogP contribution in [0.15, 0.2) is 24.5 Å². The number of rotatable bonds is 2. The Morgan fingerprint density at radius 3 is 3.19 bits per heavy atom. The van der Waals surface area contributed by atoms with Crippen LogP contribution in [0.5, 0.6) is 0 Å². The molecule has 16 heavy (non-hydrogen) atoms. The molecule has 1 aliphatic rings. The normalized spacial score (nSPS) is 21.7. The highest BCUT2D eigenvalue weighted by atomic mass is 16.1. The Balaban J connectivity index is 1.93. The van der Waals surface area contributed by atoms with Crippen molar-refractivity contribution in [3.63, 3.8) is 0 Å². The summed E-state index contributed by atoms with van der Waals surface area (Å²) in [5.41, 5.74) is 0.778. The molecule has 2 rings (SSSR count). The molecule has 0 spiro atoms. The second-order valence-corrected chi connectivity index (χ2v) is 4.33. The number of pyridine rings is 1. The molecule has 4 heteroatoms. The van der Waals surface area contributed by atoms with Gasteiger partial charge in [0.15, 0.2) is 0 Å². The third-order valence-electron chi connectivity index (χ3n) is 2.92. The Morgan fingerprint density at radius 2 is 2.50 bits per heavy atom. The first-order valence-electron chi connectivity index (χ1n) is 5.65. The largest absolute Gasteiger partial charge is 0.324 e. The summed E-state index contributed by atoms with van der Waals surface area (Å²) in [6, 6.07) is 3.68. The zero-order valence-electron chi connectivity index (χ0n) is 9.52. The summed E-state index contributed by atoms with van der Waals surface area (Å²) in [5.74, 6) is 0.221. The van der Waals surface area contributed by atoms with Crippen LogP contribution in [0.2, 0.25) is 0 Å². The average molecular weight is 219 g/mol. The molecule has 0 aliphatic carbocycles. The van der Waals surface area contributed by atoms with Gasteiger partial charge in [-0.25, -0.2) is 0 Å². The zero-order chi connectivity index (χ0) is 11.4. The minimum atomic E-state index is 0.110. The fourth-order valence-electron chi connectivity index (χ4n) is 2.06. The smallest absolute Gasteiger partial charge is 0.228 e. The van der Waals surface area contributed by atoms with Gasteiger partial charge in [-0.1, -0.05) is 0 Å². The van der Waals surface area contributed by atoms with E-state index in [2.05, 4.69) is 22.2 Å². The Morgan fingerprint density at radius 1 is 1.62 bits per heavy atom. The van der Waals surface area contributed by atoms with Gasteiger partial charge in [0.05, 0.1) is 17.8 Å². The van der Waals surface area contributed by atoms with E-state index in [1.807, 2.05) is 12.1 Å². The third-order valence-corrected chi connectivity index (χ3v) is 2.92. The van der Waals surface area contributed by atoms with E-state index in [-0.39, 0.29) is 11.8 Å². The van der Waals surface area contributed by atoms with Crippen LogP contribution in [0.1, 0.15) is 12.8 Å². The number of carbonyl (C=O) groups is 1. The fraction of sp³-hybridized carbons (Fsp3) is 0.500. The quantitative estimate of drug-likeness (QED) is 0.817. The molecule has 1 atom stereocenters. The van der Waals surface area contributed by atoms with E-state index < -0.39 is 0 Å². The van der Waals surface area contributed by atoms with E-state index in [0.29, 0.717) is 0 Å². The number of aromatic nitrogens is 1. The van der Waals surface area contributed by atoms with Gasteiger partial charge in [-0.3, -0.25) is 9.78 Å². The van der Waals surface area contributed by atoms with Crippen LogP contribution < -0.4 is 5.32 Å². The third kappa shape index (κ3) is 2.79. The molecular formula is C12H17N3O. The molecule has 1 amide bonds. The first kappa shape index (κ1) is 11.1. The number of amides is 1. The lowest BCUT2D eigenvalue weighted by Crippen LogP contribution is -2.38. The van der Waals surface area contributed by atoms with Gasteiger partial charge >= 0.3 is 0 Å². The van der Waals surface area contributed by atoms with Crippen molar-refractivity contribution < 1.29 is 4.79 Å². The molecule has 86 valence electrons. The van der Waals surface area contributed by atoms with Crippen molar-refractivity contribution in [3.8, 4) is 0 Å². The van der Waals surface area contributed by atoms with Crippen LogP contribution in [0.25, 0.3) is 0 Å². The predicted octanol–water partition coefficient (Wildman–Crippen LogP) is 1.36. The van der Waals surface area contributed by atoms with Gasteiger partial charge in [-0.2, -0.15) is 0 Å². The van der Waals surface area contributed by atoms with E-state index in [0.717, 1.165) is 31.6 Å². The maximum Gasteiger partial charge on any atom is 0.228 e. The van der Waals surface area contributed by atoms with Gasteiger partial charge in [0, 0.05) is 12.7 Å². The molecule has 0 saturated carbocycles. The van der Waals surface area contributed by atoms with Gasteiger partial charge in [0.2, 0.25) is 5.91 Å². The van der Waals surface area contributed by atoms with Crippen molar-refractivity contribution in [2.24, 2.45) is 5.92 Å². The maximum absolute atomic E-state index is 11.9. The molecule has 1 N–H and O–H groups in total. The van der Waals surface area contributed by atoms with Crippen molar-refractivity contribution in [2.45, 2.75) is 12.8 Å². The molecule has 2 heterocycles. The van der Waals surface area contributed by atoms with Crippen molar-refractivity contribution in [1.82, 2.24) is 9.88 Å². The lowest BCUT2D eigenvalue weighted by Gasteiger charge is -2.28. The number of carbonyl (C=O) groups excluding carboxylic acids is 1. The maximum atomic E-state index is 11.9. The molecule has 0 radical (unpaired) electrons. The Kier molecular flexibility index (Phi) is 3.51. The Labute approximate surface area is 95.7 Å². The van der Waals surface area contributed by atoms with Crippen molar-refractivity contribution >= 4 is 11.6 Å². The molecule has 0 aromatic carbocycles. The summed E-state index contributed by atoms with van der Waals surface area (Å²) in [5, 5.41) is 2.90. The fourth-order valence-corrected chi connectivity index (χ4v) is 2.06. The lowest BCUT2D eigenvalue weighted by atomic mass is 9.97. The van der Waals surface area contributed by atoms with Gasteiger partial charge in [-0.05, 0) is 38.6 Å². The number of likely N-dealkylation sites (tertiary alicyclic amines) is 1. The highest BCUT2D eigenvalue weighted by Gasteiger charge is 2.23. The van der Waals surface area contributed by atoms with E-state index in [1.165, 1.54) is 0 Å².